The molecule has 7 nitrogen and oxygen atoms in total. The molecular formula is C19H20FN3O4S. The van der Waals surface area contributed by atoms with E-state index < -0.39 is 34.2 Å². The Kier molecular flexibility index (Phi) is 6.89. The van der Waals surface area contributed by atoms with E-state index in [1.165, 1.54) is 36.4 Å². The highest BCUT2D eigenvalue weighted by molar-refractivity contribution is 7.92. The van der Waals surface area contributed by atoms with E-state index in [0.29, 0.717) is 4.31 Å². The number of carbonyl (C=O) groups is 2. The molecule has 0 spiro atoms. The Morgan fingerprint density at radius 2 is 1.79 bits per heavy atom. The number of benzene rings is 2. The molecule has 0 saturated carbocycles. The Balaban J connectivity index is 2.24. The van der Waals surface area contributed by atoms with E-state index in [9.17, 15) is 22.4 Å². The fraction of sp³-hybridized carbons (Fsp3) is 0.158. The number of para-hydroxylation sites is 2. The monoisotopic (exact) mass is 405 g/mol. The fourth-order valence-electron chi connectivity index (χ4n) is 2.41. The molecule has 2 rings (SSSR count). The summed E-state index contributed by atoms with van der Waals surface area (Å²) in [4.78, 5) is 24.6. The van der Waals surface area contributed by atoms with Gasteiger partial charge >= 0.3 is 0 Å². The molecule has 0 aliphatic carbocycles. The number of sulfonamides is 1. The smallest absolute Gasteiger partial charge is 0.253 e. The molecular weight excluding hydrogens is 385 g/mol. The first kappa shape index (κ1) is 21.1. The summed E-state index contributed by atoms with van der Waals surface area (Å²) in [6.07, 6.45) is 2.39. The summed E-state index contributed by atoms with van der Waals surface area (Å²) in [5, 5.41) is 5.10. The third-order valence-corrected chi connectivity index (χ3v) is 4.79. The molecule has 148 valence electrons. The Bertz CT molecular complexity index is 992. The van der Waals surface area contributed by atoms with Crippen LogP contribution in [0.15, 0.2) is 61.2 Å². The summed E-state index contributed by atoms with van der Waals surface area (Å²) in [7, 11) is -3.92. The third kappa shape index (κ3) is 5.40. The van der Waals surface area contributed by atoms with Crippen LogP contribution in [0.3, 0.4) is 0 Å². The summed E-state index contributed by atoms with van der Waals surface area (Å²) in [6.45, 7) is 3.11. The molecule has 0 radical (unpaired) electrons. The van der Waals surface area contributed by atoms with Crippen LogP contribution < -0.4 is 14.9 Å². The van der Waals surface area contributed by atoms with E-state index in [1.807, 2.05) is 0 Å². The van der Waals surface area contributed by atoms with Crippen LogP contribution in [0.2, 0.25) is 0 Å². The number of nitrogens with one attached hydrogen (secondary N) is 2. The quantitative estimate of drug-likeness (QED) is 0.658. The molecule has 2 aromatic carbocycles. The maximum Gasteiger partial charge on any atom is 0.253 e. The summed E-state index contributed by atoms with van der Waals surface area (Å²) >= 11 is 0. The average Bonchev–Trinajstić information content (AvgIpc) is 2.64. The van der Waals surface area contributed by atoms with E-state index in [0.717, 1.165) is 12.3 Å². The summed E-state index contributed by atoms with van der Waals surface area (Å²) < 4.78 is 38.8. The minimum atomic E-state index is -3.92. The van der Waals surface area contributed by atoms with Gasteiger partial charge in [-0.25, -0.2) is 12.8 Å². The average molecular weight is 405 g/mol. The number of hydrogen-bond donors (Lipinski definition) is 2. The van der Waals surface area contributed by atoms with Gasteiger partial charge in [0.1, 0.15) is 12.4 Å². The molecule has 0 aromatic heterocycles. The molecule has 0 aliphatic rings. The number of rotatable bonds is 8. The van der Waals surface area contributed by atoms with Gasteiger partial charge in [0, 0.05) is 6.54 Å². The van der Waals surface area contributed by atoms with Gasteiger partial charge in [0.2, 0.25) is 15.9 Å². The van der Waals surface area contributed by atoms with Gasteiger partial charge in [-0.2, -0.15) is 0 Å². The molecule has 0 saturated heterocycles. The van der Waals surface area contributed by atoms with Crippen LogP contribution in [0.1, 0.15) is 10.4 Å². The Hall–Kier alpha value is -3.20. The minimum absolute atomic E-state index is 0.203. The lowest BCUT2D eigenvalue weighted by Crippen LogP contribution is -2.38. The summed E-state index contributed by atoms with van der Waals surface area (Å²) in [6, 6.07) is 11.5. The van der Waals surface area contributed by atoms with Gasteiger partial charge in [-0.15, -0.1) is 6.58 Å². The van der Waals surface area contributed by atoms with E-state index in [4.69, 9.17) is 0 Å². The number of nitrogens with zero attached hydrogens (tertiary/aromatic N) is 1. The third-order valence-electron chi connectivity index (χ3n) is 3.66. The minimum Gasteiger partial charge on any atom is -0.349 e. The number of halogens is 1. The highest BCUT2D eigenvalue weighted by Gasteiger charge is 2.24. The van der Waals surface area contributed by atoms with Crippen LogP contribution in [0.25, 0.3) is 0 Å². The van der Waals surface area contributed by atoms with Gasteiger partial charge < -0.3 is 10.6 Å². The number of carbonyl (C=O) groups excluding carboxylic acids is 2. The van der Waals surface area contributed by atoms with Crippen molar-refractivity contribution in [2.45, 2.75) is 0 Å². The molecule has 28 heavy (non-hydrogen) atoms. The Labute approximate surface area is 162 Å². The first-order chi connectivity index (χ1) is 13.2. The van der Waals surface area contributed by atoms with E-state index in [1.54, 1.807) is 12.1 Å². The maximum atomic E-state index is 14.0. The molecule has 9 heteroatoms. The lowest BCUT2D eigenvalue weighted by molar-refractivity contribution is -0.114. The van der Waals surface area contributed by atoms with Crippen molar-refractivity contribution in [2.75, 3.05) is 29.0 Å². The predicted molar refractivity (Wildman–Crippen MR) is 106 cm³/mol. The number of amides is 2. The Morgan fingerprint density at radius 1 is 1.14 bits per heavy atom. The second kappa shape index (κ2) is 9.14. The molecule has 0 fully saturated rings. The van der Waals surface area contributed by atoms with Crippen molar-refractivity contribution in [3.63, 3.8) is 0 Å². The van der Waals surface area contributed by atoms with Gasteiger partial charge in [-0.1, -0.05) is 30.3 Å². The van der Waals surface area contributed by atoms with Crippen molar-refractivity contribution in [3.8, 4) is 0 Å². The maximum absolute atomic E-state index is 14.0. The van der Waals surface area contributed by atoms with Crippen molar-refractivity contribution in [3.05, 3.63) is 72.6 Å². The molecule has 0 bridgehead atoms. The second-order valence-electron chi connectivity index (χ2n) is 5.81. The van der Waals surface area contributed by atoms with Gasteiger partial charge in [-0.05, 0) is 24.3 Å². The van der Waals surface area contributed by atoms with Crippen molar-refractivity contribution >= 4 is 33.2 Å². The molecule has 0 aliphatic heterocycles. The standard InChI is InChI=1S/C19H20FN3O4S/c1-3-12-21-19(25)14-8-4-6-10-16(14)22-18(24)13-23(28(2,26)27)17-11-7-5-9-15(17)20/h3-11H,1,12-13H2,2H3,(H,21,25)(H,22,24). The van der Waals surface area contributed by atoms with Crippen molar-refractivity contribution in [1.29, 1.82) is 0 Å². The lowest BCUT2D eigenvalue weighted by atomic mass is 10.1. The zero-order valence-corrected chi connectivity index (χ0v) is 16.0. The second-order valence-corrected chi connectivity index (χ2v) is 7.72. The van der Waals surface area contributed by atoms with E-state index in [2.05, 4.69) is 17.2 Å². The van der Waals surface area contributed by atoms with Crippen molar-refractivity contribution in [2.24, 2.45) is 0 Å². The molecule has 2 amide bonds. The molecule has 2 N–H and O–H groups in total. The van der Waals surface area contributed by atoms with Gasteiger partial charge in [0.05, 0.1) is 23.2 Å². The van der Waals surface area contributed by atoms with E-state index in [-0.39, 0.29) is 23.5 Å². The van der Waals surface area contributed by atoms with Crippen molar-refractivity contribution < 1.29 is 22.4 Å². The highest BCUT2D eigenvalue weighted by atomic mass is 32.2. The molecule has 0 atom stereocenters. The predicted octanol–water partition coefficient (Wildman–Crippen LogP) is 2.15. The first-order valence-electron chi connectivity index (χ1n) is 8.24. The van der Waals surface area contributed by atoms with Crippen LogP contribution in [-0.4, -0.2) is 39.6 Å². The Morgan fingerprint density at radius 3 is 2.43 bits per heavy atom. The molecule has 0 unspecified atom stereocenters. The topological polar surface area (TPSA) is 95.6 Å². The van der Waals surface area contributed by atoms with Crippen LogP contribution in [0.5, 0.6) is 0 Å². The zero-order valence-electron chi connectivity index (χ0n) is 15.2. The normalized spacial score (nSPS) is 10.8. The van der Waals surface area contributed by atoms with E-state index >= 15 is 0 Å². The van der Waals surface area contributed by atoms with Crippen LogP contribution in [0, 0.1) is 5.82 Å². The first-order valence-corrected chi connectivity index (χ1v) is 10.1. The van der Waals surface area contributed by atoms with Gasteiger partial charge in [0.15, 0.2) is 0 Å². The number of anilines is 2. The highest BCUT2D eigenvalue weighted by Crippen LogP contribution is 2.22. The zero-order chi connectivity index (χ0) is 20.7. The largest absolute Gasteiger partial charge is 0.349 e. The SMILES string of the molecule is C=CCNC(=O)c1ccccc1NC(=O)CN(c1ccccc1F)S(C)(=O)=O. The molecule has 0 heterocycles. The number of hydrogen-bond acceptors (Lipinski definition) is 4. The lowest BCUT2D eigenvalue weighted by Gasteiger charge is -2.22. The van der Waals surface area contributed by atoms with Crippen LogP contribution in [0.4, 0.5) is 15.8 Å². The van der Waals surface area contributed by atoms with Gasteiger partial charge in [0.25, 0.3) is 5.91 Å². The van der Waals surface area contributed by atoms with Gasteiger partial charge in [-0.3, -0.25) is 13.9 Å². The summed E-state index contributed by atoms with van der Waals surface area (Å²) in [5.41, 5.74) is 0.169. The van der Waals surface area contributed by atoms with Crippen molar-refractivity contribution in [1.82, 2.24) is 5.32 Å². The summed E-state index contributed by atoms with van der Waals surface area (Å²) in [5.74, 6) is -1.92. The molecule has 2 aromatic rings. The van der Waals surface area contributed by atoms with Crippen LogP contribution in [-0.2, 0) is 14.8 Å². The van der Waals surface area contributed by atoms with Crippen LogP contribution >= 0.6 is 0 Å². The fourth-order valence-corrected chi connectivity index (χ4v) is 3.26.